The van der Waals surface area contributed by atoms with Crippen molar-refractivity contribution >= 4 is 17.3 Å². The highest BCUT2D eigenvalue weighted by Crippen LogP contribution is 2.25. The molecule has 1 N–H and O–H groups in total. The fraction of sp³-hybridized carbons (Fsp3) is 0.208. The van der Waals surface area contributed by atoms with E-state index in [0.717, 1.165) is 17.7 Å². The second-order valence-corrected chi connectivity index (χ2v) is 6.75. The first-order chi connectivity index (χ1) is 13.7. The van der Waals surface area contributed by atoms with E-state index < -0.39 is 5.97 Å². The molecule has 0 aromatic heterocycles. The van der Waals surface area contributed by atoms with E-state index in [9.17, 15) is 4.79 Å². The lowest BCUT2D eigenvalue weighted by Gasteiger charge is -2.05. The van der Waals surface area contributed by atoms with Crippen molar-refractivity contribution in [3.63, 3.8) is 0 Å². The van der Waals surface area contributed by atoms with Crippen LogP contribution in [0.25, 0.3) is 11.1 Å². The summed E-state index contributed by atoms with van der Waals surface area (Å²) in [5.41, 5.74) is 5.32. The summed E-state index contributed by atoms with van der Waals surface area (Å²) in [7, 11) is 0. The number of carboxylic acids is 1. The van der Waals surface area contributed by atoms with Crippen LogP contribution in [0.3, 0.4) is 0 Å². The number of benzene rings is 3. The maximum atomic E-state index is 10.9. The van der Waals surface area contributed by atoms with Gasteiger partial charge in [0.05, 0.1) is 16.9 Å². The Morgan fingerprint density at radius 1 is 0.750 bits per heavy atom. The average molecular weight is 372 g/mol. The standard InChI is InChI=1S/C24H24N2O2/c1-2-3-4-5-18-6-8-19(9-7-18)20-10-14-22(15-11-20)25-26-23-16-12-21(13-17-23)24(27)28/h6-17H,2-5H2,1H3,(H,27,28). The van der Waals surface area contributed by atoms with E-state index in [1.165, 1.54) is 42.5 Å². The zero-order chi connectivity index (χ0) is 19.8. The van der Waals surface area contributed by atoms with Gasteiger partial charge in [0.2, 0.25) is 0 Å². The quantitative estimate of drug-likeness (QED) is 0.336. The second kappa shape index (κ2) is 9.60. The number of nitrogens with zero attached hydrogens (tertiary/aromatic N) is 2. The first kappa shape index (κ1) is 19.5. The Kier molecular flexibility index (Phi) is 6.68. The molecule has 28 heavy (non-hydrogen) atoms. The predicted octanol–water partition coefficient (Wildman–Crippen LogP) is 7.20. The zero-order valence-corrected chi connectivity index (χ0v) is 16.0. The number of unbranched alkanes of at least 4 members (excludes halogenated alkanes) is 2. The van der Waals surface area contributed by atoms with Gasteiger partial charge in [-0.05, 0) is 65.9 Å². The van der Waals surface area contributed by atoms with Crippen LogP contribution in [-0.4, -0.2) is 11.1 Å². The van der Waals surface area contributed by atoms with Crippen molar-refractivity contribution in [3.05, 3.63) is 83.9 Å². The number of aryl methyl sites for hydroxylation is 1. The number of aromatic carboxylic acids is 1. The molecule has 0 aliphatic carbocycles. The van der Waals surface area contributed by atoms with Crippen molar-refractivity contribution in [1.82, 2.24) is 0 Å². The van der Waals surface area contributed by atoms with Crippen molar-refractivity contribution < 1.29 is 9.90 Å². The molecule has 0 unspecified atom stereocenters. The lowest BCUT2D eigenvalue weighted by molar-refractivity contribution is 0.0697. The summed E-state index contributed by atoms with van der Waals surface area (Å²) in [4.78, 5) is 10.9. The molecule has 0 saturated heterocycles. The molecular formula is C24H24N2O2. The van der Waals surface area contributed by atoms with Gasteiger partial charge in [-0.3, -0.25) is 0 Å². The predicted molar refractivity (Wildman–Crippen MR) is 113 cm³/mol. The summed E-state index contributed by atoms with van der Waals surface area (Å²) >= 11 is 0. The maximum absolute atomic E-state index is 10.9. The van der Waals surface area contributed by atoms with Gasteiger partial charge in [0.25, 0.3) is 0 Å². The monoisotopic (exact) mass is 372 g/mol. The average Bonchev–Trinajstić information content (AvgIpc) is 2.74. The van der Waals surface area contributed by atoms with Crippen molar-refractivity contribution in [1.29, 1.82) is 0 Å². The van der Waals surface area contributed by atoms with Crippen molar-refractivity contribution in [2.75, 3.05) is 0 Å². The number of carbonyl (C=O) groups is 1. The molecule has 0 saturated carbocycles. The molecule has 3 aromatic carbocycles. The number of rotatable bonds is 8. The second-order valence-electron chi connectivity index (χ2n) is 6.75. The lowest BCUT2D eigenvalue weighted by atomic mass is 10.0. The van der Waals surface area contributed by atoms with Crippen LogP contribution in [0.1, 0.15) is 42.1 Å². The molecule has 0 atom stereocenters. The molecule has 4 nitrogen and oxygen atoms in total. The van der Waals surface area contributed by atoms with Gasteiger partial charge in [-0.1, -0.05) is 56.2 Å². The lowest BCUT2D eigenvalue weighted by Crippen LogP contribution is -1.93. The Balaban J connectivity index is 1.63. The van der Waals surface area contributed by atoms with Crippen LogP contribution in [0, 0.1) is 0 Å². The molecule has 3 aromatic rings. The third-order valence-electron chi connectivity index (χ3n) is 4.62. The van der Waals surface area contributed by atoms with Crippen LogP contribution in [0.2, 0.25) is 0 Å². The van der Waals surface area contributed by atoms with Gasteiger partial charge < -0.3 is 5.11 Å². The van der Waals surface area contributed by atoms with Crippen LogP contribution >= 0.6 is 0 Å². The largest absolute Gasteiger partial charge is 0.478 e. The Hall–Kier alpha value is -3.27. The molecule has 142 valence electrons. The highest BCUT2D eigenvalue weighted by Gasteiger charge is 2.02. The fourth-order valence-corrected chi connectivity index (χ4v) is 2.95. The van der Waals surface area contributed by atoms with Crippen molar-refractivity contribution in [2.24, 2.45) is 10.2 Å². The van der Waals surface area contributed by atoms with E-state index in [4.69, 9.17) is 5.11 Å². The molecule has 0 aliphatic heterocycles. The molecule has 0 radical (unpaired) electrons. The zero-order valence-electron chi connectivity index (χ0n) is 16.0. The van der Waals surface area contributed by atoms with Gasteiger partial charge in [0.1, 0.15) is 0 Å². The highest BCUT2D eigenvalue weighted by molar-refractivity contribution is 5.87. The van der Waals surface area contributed by atoms with Crippen LogP contribution in [0.4, 0.5) is 11.4 Å². The Morgan fingerprint density at radius 3 is 1.75 bits per heavy atom. The van der Waals surface area contributed by atoms with E-state index in [2.05, 4.69) is 41.4 Å². The van der Waals surface area contributed by atoms with E-state index >= 15 is 0 Å². The van der Waals surface area contributed by atoms with E-state index in [1.807, 2.05) is 24.3 Å². The molecular weight excluding hydrogens is 348 g/mol. The van der Waals surface area contributed by atoms with E-state index in [1.54, 1.807) is 12.1 Å². The van der Waals surface area contributed by atoms with Crippen LogP contribution < -0.4 is 0 Å². The Bertz CT molecular complexity index is 928. The SMILES string of the molecule is CCCCCc1ccc(-c2ccc(N=Nc3ccc(C(=O)O)cc3)cc2)cc1. The Labute approximate surface area is 165 Å². The van der Waals surface area contributed by atoms with Crippen LogP contribution in [0.5, 0.6) is 0 Å². The molecule has 0 spiro atoms. The molecule has 0 fully saturated rings. The van der Waals surface area contributed by atoms with Gasteiger partial charge in [-0.2, -0.15) is 10.2 Å². The number of azo groups is 1. The smallest absolute Gasteiger partial charge is 0.335 e. The van der Waals surface area contributed by atoms with Gasteiger partial charge in [0.15, 0.2) is 0 Å². The van der Waals surface area contributed by atoms with Crippen molar-refractivity contribution in [2.45, 2.75) is 32.6 Å². The topological polar surface area (TPSA) is 62.0 Å². The summed E-state index contributed by atoms with van der Waals surface area (Å²) < 4.78 is 0. The van der Waals surface area contributed by atoms with E-state index in [-0.39, 0.29) is 5.56 Å². The molecule has 3 rings (SSSR count). The third-order valence-corrected chi connectivity index (χ3v) is 4.62. The number of hydrogen-bond acceptors (Lipinski definition) is 3. The summed E-state index contributed by atoms with van der Waals surface area (Å²) in [5.74, 6) is -0.951. The summed E-state index contributed by atoms with van der Waals surface area (Å²) in [6.07, 6.45) is 4.91. The molecule has 0 heterocycles. The fourth-order valence-electron chi connectivity index (χ4n) is 2.95. The Morgan fingerprint density at radius 2 is 1.25 bits per heavy atom. The number of hydrogen-bond donors (Lipinski definition) is 1. The van der Waals surface area contributed by atoms with Crippen molar-refractivity contribution in [3.8, 4) is 11.1 Å². The summed E-state index contributed by atoms with van der Waals surface area (Å²) in [5, 5.41) is 17.3. The number of carboxylic acid groups (broad SMARTS) is 1. The first-order valence-corrected chi connectivity index (χ1v) is 9.60. The van der Waals surface area contributed by atoms with Gasteiger partial charge in [-0.25, -0.2) is 4.79 Å². The molecule has 4 heteroatoms. The summed E-state index contributed by atoms with van der Waals surface area (Å²) in [6.45, 7) is 2.22. The maximum Gasteiger partial charge on any atom is 0.335 e. The normalized spacial score (nSPS) is 11.0. The minimum absolute atomic E-state index is 0.236. The summed E-state index contributed by atoms with van der Waals surface area (Å²) in [6, 6.07) is 23.0. The molecule has 0 aliphatic rings. The van der Waals surface area contributed by atoms with E-state index in [0.29, 0.717) is 5.69 Å². The highest BCUT2D eigenvalue weighted by atomic mass is 16.4. The molecule has 0 bridgehead atoms. The first-order valence-electron chi connectivity index (χ1n) is 9.60. The third kappa shape index (κ3) is 5.36. The molecule has 0 amide bonds. The van der Waals surface area contributed by atoms with Gasteiger partial charge in [0, 0.05) is 0 Å². The van der Waals surface area contributed by atoms with Crippen LogP contribution in [0.15, 0.2) is 83.0 Å². The minimum Gasteiger partial charge on any atom is -0.478 e. The van der Waals surface area contributed by atoms with Gasteiger partial charge >= 0.3 is 5.97 Å². The van der Waals surface area contributed by atoms with Gasteiger partial charge in [-0.15, -0.1) is 0 Å². The van der Waals surface area contributed by atoms with Crippen LogP contribution in [-0.2, 0) is 6.42 Å². The minimum atomic E-state index is -0.951.